The molecule has 0 radical (unpaired) electrons. The van der Waals surface area contributed by atoms with Crippen LogP contribution in [0.1, 0.15) is 68.8 Å². The molecule has 2 aliphatic carbocycles. The van der Waals surface area contributed by atoms with Crippen LogP contribution in [0.4, 0.5) is 0 Å². The van der Waals surface area contributed by atoms with Crippen molar-refractivity contribution in [3.05, 3.63) is 51.6 Å². The van der Waals surface area contributed by atoms with Crippen LogP contribution in [0.2, 0.25) is 0 Å². The number of rotatable bonds is 8. The third-order valence-corrected chi connectivity index (χ3v) is 8.75. The predicted octanol–water partition coefficient (Wildman–Crippen LogP) is 0.392. The van der Waals surface area contributed by atoms with E-state index in [9.17, 15) is 50.4 Å². The third kappa shape index (κ3) is 5.21. The molecule has 0 spiro atoms. The van der Waals surface area contributed by atoms with Gasteiger partial charge in [0.25, 0.3) is 0 Å². The van der Waals surface area contributed by atoms with Crippen molar-refractivity contribution in [3.63, 3.8) is 0 Å². The van der Waals surface area contributed by atoms with Gasteiger partial charge in [0.05, 0.1) is 67.3 Å². The third-order valence-electron chi connectivity index (χ3n) is 8.75. The minimum absolute atomic E-state index is 0.0670. The van der Waals surface area contributed by atoms with Crippen LogP contribution < -0.4 is 4.74 Å². The maximum absolute atomic E-state index is 13.8. The van der Waals surface area contributed by atoms with Crippen LogP contribution in [-0.2, 0) is 20.7 Å². The van der Waals surface area contributed by atoms with Crippen molar-refractivity contribution in [2.24, 2.45) is 0 Å². The molecule has 6 atom stereocenters. The average Bonchev–Trinajstić information content (AvgIpc) is 3.02. The lowest BCUT2D eigenvalue weighted by atomic mass is 9.72. The summed E-state index contributed by atoms with van der Waals surface area (Å²) in [6.07, 6.45) is -5.90. The van der Waals surface area contributed by atoms with Gasteiger partial charge in [-0.1, -0.05) is 12.1 Å². The van der Waals surface area contributed by atoms with Gasteiger partial charge in [-0.2, -0.15) is 10.5 Å². The normalized spacial score (nSPS) is 27.2. The van der Waals surface area contributed by atoms with E-state index in [-0.39, 0.29) is 47.5 Å². The smallest absolute Gasteiger partial charge is 0.202 e. The molecule has 1 fully saturated rings. The van der Waals surface area contributed by atoms with E-state index in [1.54, 1.807) is 6.92 Å². The molecule has 0 aromatic heterocycles. The van der Waals surface area contributed by atoms with E-state index < -0.39 is 95.7 Å². The number of aliphatic hydroxyl groups is 3. The summed E-state index contributed by atoms with van der Waals surface area (Å²) >= 11 is 0. The monoisotopic (exact) mass is 621 g/mol. The Morgan fingerprint density at radius 1 is 1.11 bits per heavy atom. The first-order valence-corrected chi connectivity index (χ1v) is 14.1. The molecule has 1 saturated heterocycles. The van der Waals surface area contributed by atoms with Crippen LogP contribution in [0.3, 0.4) is 0 Å². The van der Waals surface area contributed by atoms with Gasteiger partial charge < -0.3 is 39.7 Å². The molecule has 1 heterocycles. The molecule has 0 amide bonds. The summed E-state index contributed by atoms with van der Waals surface area (Å²) in [4.78, 5) is 41.7. The van der Waals surface area contributed by atoms with Crippen LogP contribution >= 0.6 is 0 Å². The second kappa shape index (κ2) is 12.2. The molecule has 5 N–H and O–H groups in total. The number of nitrogens with zero attached hydrogens (tertiary/aromatic N) is 3. The highest BCUT2D eigenvalue weighted by molar-refractivity contribution is 6.31. The Hall–Kier alpha value is -4.41. The zero-order chi connectivity index (χ0) is 32.8. The number of ether oxygens (including phenoxy) is 3. The van der Waals surface area contributed by atoms with Crippen molar-refractivity contribution in [1.82, 2.24) is 4.90 Å². The lowest BCUT2D eigenvalue weighted by Gasteiger charge is -2.44. The molecular formula is C31H31N3O11. The average molecular weight is 622 g/mol. The van der Waals surface area contributed by atoms with E-state index in [1.165, 1.54) is 30.2 Å². The maximum Gasteiger partial charge on any atom is 0.202 e. The lowest BCUT2D eigenvalue weighted by Crippen LogP contribution is -2.56. The molecule has 14 heteroatoms. The number of carbonyl (C=O) groups is 3. The van der Waals surface area contributed by atoms with E-state index in [0.29, 0.717) is 0 Å². The van der Waals surface area contributed by atoms with Gasteiger partial charge in [-0.15, -0.1) is 0 Å². The number of benzene rings is 2. The fourth-order valence-corrected chi connectivity index (χ4v) is 6.53. The molecule has 2 aromatic rings. The van der Waals surface area contributed by atoms with E-state index in [0.717, 1.165) is 0 Å². The van der Waals surface area contributed by atoms with Gasteiger partial charge in [-0.05, 0) is 13.0 Å². The molecule has 4 unspecified atom stereocenters. The molecule has 14 nitrogen and oxygen atoms in total. The summed E-state index contributed by atoms with van der Waals surface area (Å²) < 4.78 is 17.3. The van der Waals surface area contributed by atoms with Crippen LogP contribution in [0, 0.1) is 22.7 Å². The number of hydrogen-bond donors (Lipinski definition) is 5. The number of methoxy groups -OCH3 is 1. The molecule has 5 rings (SSSR count). The largest absolute Gasteiger partial charge is 0.507 e. The van der Waals surface area contributed by atoms with Gasteiger partial charge in [0.2, 0.25) is 5.78 Å². The number of fused-ring (bicyclic) bond motifs is 3. The first kappa shape index (κ1) is 32.0. The standard InChI is InChI=1S/C31H31N3O11/c1-14-26(37)17(34(8-6-32)9-7-33)10-21(44-14)45-19-12-31(42,20(36)13-35)11-16-23(19)30(41)25-24(28(16)39)27(38)15-4-3-5-18(43-2)22(15)29(25)40/h3-5,14,17,19,21,26,35,37,39,41-42H,8-13H2,1-2H3/t14?,17?,19-,21?,26?,31-/m0/s1. The maximum atomic E-state index is 13.8. The molecule has 236 valence electrons. The molecule has 2 aromatic carbocycles. The number of aromatic hydroxyl groups is 2. The number of aliphatic hydroxyl groups excluding tert-OH is 2. The number of phenolic OH excluding ortho intramolecular Hbond substituents is 2. The van der Waals surface area contributed by atoms with Gasteiger partial charge in [0.1, 0.15) is 29.5 Å². The Morgan fingerprint density at radius 2 is 1.78 bits per heavy atom. The Bertz CT molecular complexity index is 1650. The lowest BCUT2D eigenvalue weighted by molar-refractivity contribution is -0.257. The van der Waals surface area contributed by atoms with Crippen LogP contribution in [-0.4, -0.2) is 105 Å². The van der Waals surface area contributed by atoms with Crippen molar-refractivity contribution in [1.29, 1.82) is 10.5 Å². The second-order valence-corrected chi connectivity index (χ2v) is 11.3. The molecule has 0 saturated carbocycles. The van der Waals surface area contributed by atoms with Gasteiger partial charge in [0.15, 0.2) is 17.9 Å². The Balaban J connectivity index is 1.63. The van der Waals surface area contributed by atoms with Crippen molar-refractivity contribution in [2.75, 3.05) is 26.8 Å². The summed E-state index contributed by atoms with van der Waals surface area (Å²) in [7, 11) is 1.31. The fourth-order valence-electron chi connectivity index (χ4n) is 6.53. The molecule has 3 aliphatic rings. The predicted molar refractivity (Wildman–Crippen MR) is 150 cm³/mol. The van der Waals surface area contributed by atoms with Crippen molar-refractivity contribution >= 4 is 17.3 Å². The van der Waals surface area contributed by atoms with Gasteiger partial charge >= 0.3 is 0 Å². The summed E-state index contributed by atoms with van der Waals surface area (Å²) in [5, 5.41) is 73.5. The SMILES string of the molecule is COc1cccc2c1C(=O)c1c(O)c3c(c(O)c1C2=O)C[C@@](O)(C(=O)CO)C[C@@H]3OC1CC(N(CC#N)CC#N)C(O)C(C)O1. The number of Topliss-reactive ketones (excluding diaryl/α,β-unsaturated/α-hetero) is 1. The molecular weight excluding hydrogens is 590 g/mol. The highest BCUT2D eigenvalue weighted by atomic mass is 16.7. The quantitative estimate of drug-likeness (QED) is 0.169. The summed E-state index contributed by atoms with van der Waals surface area (Å²) in [6, 6.07) is 7.42. The Kier molecular flexibility index (Phi) is 8.66. The van der Waals surface area contributed by atoms with Crippen LogP contribution in [0.5, 0.6) is 17.2 Å². The topological polar surface area (TPSA) is 231 Å². The first-order chi connectivity index (χ1) is 21.4. The molecule has 45 heavy (non-hydrogen) atoms. The highest BCUT2D eigenvalue weighted by Crippen LogP contribution is 2.52. The Labute approximate surface area is 257 Å². The zero-order valence-corrected chi connectivity index (χ0v) is 24.4. The van der Waals surface area contributed by atoms with E-state index in [1.807, 2.05) is 12.1 Å². The van der Waals surface area contributed by atoms with E-state index in [4.69, 9.17) is 14.2 Å². The number of nitriles is 2. The second-order valence-electron chi connectivity index (χ2n) is 11.3. The van der Waals surface area contributed by atoms with Gasteiger partial charge in [-0.3, -0.25) is 19.3 Å². The number of carbonyl (C=O) groups excluding carboxylic acids is 3. The Morgan fingerprint density at radius 3 is 2.40 bits per heavy atom. The van der Waals surface area contributed by atoms with Gasteiger partial charge in [-0.25, -0.2) is 0 Å². The minimum Gasteiger partial charge on any atom is -0.507 e. The summed E-state index contributed by atoms with van der Waals surface area (Å²) in [6.45, 7) is 0.101. The number of phenols is 2. The number of hydrogen-bond acceptors (Lipinski definition) is 14. The van der Waals surface area contributed by atoms with E-state index >= 15 is 0 Å². The summed E-state index contributed by atoms with van der Waals surface area (Å²) in [5.41, 5.74) is -3.97. The van der Waals surface area contributed by atoms with Crippen LogP contribution in [0.25, 0.3) is 0 Å². The first-order valence-electron chi connectivity index (χ1n) is 14.1. The van der Waals surface area contributed by atoms with Crippen molar-refractivity contribution in [3.8, 4) is 29.4 Å². The molecule has 1 aliphatic heterocycles. The van der Waals surface area contributed by atoms with Crippen molar-refractivity contribution < 1.29 is 54.1 Å². The highest BCUT2D eigenvalue weighted by Gasteiger charge is 2.50. The van der Waals surface area contributed by atoms with Crippen molar-refractivity contribution in [2.45, 2.75) is 62.4 Å². The zero-order valence-electron chi connectivity index (χ0n) is 24.4. The molecule has 0 bridgehead atoms. The van der Waals surface area contributed by atoms with E-state index in [2.05, 4.69) is 0 Å². The number of ketones is 3. The summed E-state index contributed by atoms with van der Waals surface area (Å²) in [5.74, 6) is -4.03. The fraction of sp³-hybridized carbons (Fsp3) is 0.452. The minimum atomic E-state index is -2.32. The van der Waals surface area contributed by atoms with Gasteiger partial charge in [0, 0.05) is 42.0 Å². The van der Waals surface area contributed by atoms with Crippen LogP contribution in [0.15, 0.2) is 18.2 Å².